The van der Waals surface area contributed by atoms with Gasteiger partial charge in [-0.1, -0.05) is 5.16 Å². The van der Waals surface area contributed by atoms with Crippen LogP contribution in [0.2, 0.25) is 0 Å². The smallest absolute Gasteiger partial charge is 0.213 e. The number of oxazole rings is 2. The summed E-state index contributed by atoms with van der Waals surface area (Å²) in [6, 6.07) is 8.00. The Morgan fingerprint density at radius 3 is 1.22 bits per heavy atom. The van der Waals surface area contributed by atoms with Crippen molar-refractivity contribution in [2.24, 2.45) is 35.2 Å². The number of thiazole rings is 1. The second-order valence-corrected chi connectivity index (χ2v) is 15.3. The highest BCUT2D eigenvalue weighted by Gasteiger charge is 1.81. The zero-order valence-electron chi connectivity index (χ0n) is 42.6. The topological polar surface area (TPSA) is 276 Å². The summed E-state index contributed by atoms with van der Waals surface area (Å²) in [5.74, 6) is 2.39. The van der Waals surface area contributed by atoms with E-state index >= 15 is 0 Å². The van der Waals surface area contributed by atoms with E-state index in [9.17, 15) is 0 Å². The molecule has 0 saturated heterocycles. The summed E-state index contributed by atoms with van der Waals surface area (Å²) in [6.45, 7) is 13.2. The van der Waals surface area contributed by atoms with Crippen molar-refractivity contribution in [3.63, 3.8) is 0 Å². The number of nitrogens with zero attached hydrogens (tertiary/aromatic N) is 19. The van der Waals surface area contributed by atoms with Gasteiger partial charge in [0.15, 0.2) is 18.6 Å². The monoisotopic (exact) mass is 1020 g/mol. The van der Waals surface area contributed by atoms with Crippen LogP contribution in [-0.4, -0.2) is 103 Å². The van der Waals surface area contributed by atoms with Crippen LogP contribution in [0.1, 0.15) is 40.2 Å². The van der Waals surface area contributed by atoms with E-state index in [-0.39, 0.29) is 0 Å². The highest BCUT2D eigenvalue weighted by atomic mass is 32.1. The van der Waals surface area contributed by atoms with Crippen molar-refractivity contribution >= 4 is 22.9 Å². The lowest BCUT2D eigenvalue weighted by atomic mass is 10.6. The fraction of sp³-hybridized carbons (Fsp3) is 0.261. The number of nitrogens with one attached hydrogen (secondary N) is 2. The third-order valence-corrected chi connectivity index (χ3v) is 8.37. The maximum Gasteiger partial charge on any atom is 0.213 e. The molecule has 12 aromatic rings. The van der Waals surface area contributed by atoms with Crippen LogP contribution >= 0.6 is 22.9 Å². The van der Waals surface area contributed by atoms with Gasteiger partial charge in [-0.25, -0.2) is 34.9 Å². The molecule has 0 unspecified atom stereocenters. The Balaban J connectivity index is 0.000000393. The third-order valence-electron chi connectivity index (χ3n) is 7.10. The first-order valence-electron chi connectivity index (χ1n) is 21.3. The van der Waals surface area contributed by atoms with Crippen molar-refractivity contribution < 1.29 is 13.4 Å². The van der Waals surface area contributed by atoms with Crippen molar-refractivity contribution in [2.75, 3.05) is 0 Å². The average molecular weight is 1020 g/mol. The van der Waals surface area contributed by atoms with Gasteiger partial charge in [0.1, 0.15) is 48.7 Å². The van der Waals surface area contributed by atoms with E-state index in [0.717, 1.165) is 34.4 Å². The lowest BCUT2D eigenvalue weighted by Crippen LogP contribution is -1.76. The molecule has 0 aliphatic rings. The molecule has 0 atom stereocenters. The summed E-state index contributed by atoms with van der Waals surface area (Å²) in [4.78, 5) is 36.9. The van der Waals surface area contributed by atoms with Crippen molar-refractivity contribution in [3.05, 3.63) is 206 Å². The first kappa shape index (κ1) is 61.2. The maximum atomic E-state index is 4.60. The minimum Gasteiger partial charge on any atom is -0.452 e. The van der Waals surface area contributed by atoms with E-state index in [4.69, 9.17) is 0 Å². The fourth-order valence-electron chi connectivity index (χ4n) is 3.60. The van der Waals surface area contributed by atoms with Crippen LogP contribution in [0.5, 0.6) is 0 Å². The second kappa shape index (κ2) is 41.2. The largest absolute Gasteiger partial charge is 0.452 e. The molecule has 384 valence electrons. The molecule has 0 spiro atoms. The van der Waals surface area contributed by atoms with E-state index in [1.165, 1.54) is 37.0 Å². The summed E-state index contributed by atoms with van der Waals surface area (Å²) in [5.41, 5.74) is 7.62. The molecule has 26 heteroatoms. The molecule has 0 fully saturated rings. The predicted molar refractivity (Wildman–Crippen MR) is 276 cm³/mol. The zero-order valence-corrected chi connectivity index (χ0v) is 44.3. The number of aromatic amines is 2. The number of hydrogen-bond acceptors (Lipinski definition) is 19. The van der Waals surface area contributed by atoms with E-state index in [0.29, 0.717) is 5.82 Å². The number of aryl methyl sites for hydroxylation is 12. The molecule has 0 bridgehead atoms. The molecule has 0 aromatic carbocycles. The van der Waals surface area contributed by atoms with Crippen LogP contribution < -0.4 is 0 Å². The van der Waals surface area contributed by atoms with Crippen LogP contribution in [0, 0.1) is 48.5 Å². The van der Waals surface area contributed by atoms with Gasteiger partial charge in [-0.2, -0.15) is 14.5 Å². The van der Waals surface area contributed by atoms with Crippen LogP contribution in [0.4, 0.5) is 0 Å². The molecule has 0 radical (unpaired) electrons. The van der Waals surface area contributed by atoms with Crippen molar-refractivity contribution in [3.8, 4) is 0 Å². The highest BCUT2D eigenvalue weighted by molar-refractivity contribution is 7.07. The van der Waals surface area contributed by atoms with Crippen molar-refractivity contribution in [2.45, 2.75) is 48.5 Å². The van der Waals surface area contributed by atoms with Gasteiger partial charge in [0.05, 0.1) is 35.9 Å². The molecule has 12 heterocycles. The van der Waals surface area contributed by atoms with E-state index in [1.807, 2.05) is 167 Å². The number of imidazole rings is 3. The first-order chi connectivity index (χ1) is 34.7. The molecule has 12 rings (SSSR count). The van der Waals surface area contributed by atoms with Gasteiger partial charge in [0.2, 0.25) is 6.39 Å². The molecule has 72 heavy (non-hydrogen) atoms. The third kappa shape index (κ3) is 39.2. The molecule has 0 amide bonds. The van der Waals surface area contributed by atoms with Gasteiger partial charge >= 0.3 is 0 Å². The van der Waals surface area contributed by atoms with Crippen LogP contribution in [0.25, 0.3) is 0 Å². The van der Waals surface area contributed by atoms with Crippen molar-refractivity contribution in [1.29, 1.82) is 0 Å². The molecule has 24 nitrogen and oxygen atoms in total. The summed E-state index contributed by atoms with van der Waals surface area (Å²) in [7, 11) is 9.75. The SMILES string of the molecule is Cc1cnc[nH]1.Cc1cocn1.Cc1cocn1.Cc1cscn1.Cc1ncn[nH]1.Cc1ncon1.Cc1ncsn1.Cn1cccc1.Cn1cccc1.Cn1ccnc1.Cn1ccnc1.Cn1cnnc1. The summed E-state index contributed by atoms with van der Waals surface area (Å²) < 4.78 is 27.0. The Morgan fingerprint density at radius 2 is 1.10 bits per heavy atom. The van der Waals surface area contributed by atoms with Gasteiger partial charge < -0.3 is 41.2 Å². The van der Waals surface area contributed by atoms with E-state index < -0.39 is 0 Å². The molecule has 2 N–H and O–H groups in total. The second-order valence-electron chi connectivity index (χ2n) is 13.9. The standard InChI is InChI=1S/2C5H7N.3C4H6N2.2C4H5NO.C4H5NS.2C3H5N3.C3H4N2O.C3H4N2S/c2*1-6-4-2-3-5-6;1-4-2-5-3-6-4;2*1-6-3-2-5-4-6;3*1-4-2-6-3-5-4;1-6-2-4-5-3-6;1-3-4-2-5-6-3;2*1-3-4-2-6-5-3/h2*2-5H,1H3;2-3H,1H3,(H,5,6);2*2-4H,1H3;4*2-3H,1H3;2H,1H3,(H,4,5,6);2*2H,1H3. The average Bonchev–Trinajstić information content (AvgIpc) is 4.18. The number of aromatic nitrogens is 21. The molecule has 0 aliphatic carbocycles. The zero-order chi connectivity index (χ0) is 52.9. The predicted octanol–water partition coefficient (Wildman–Crippen LogP) is 8.18. The van der Waals surface area contributed by atoms with E-state index in [1.54, 1.807) is 91.1 Å². The Bertz CT molecular complexity index is 2030. The minimum atomic E-state index is 0.676. The van der Waals surface area contributed by atoms with Crippen molar-refractivity contribution in [1.82, 2.24) is 103 Å². The summed E-state index contributed by atoms with van der Waals surface area (Å²) in [6.07, 6.45) is 34.3. The lowest BCUT2D eigenvalue weighted by molar-refractivity contribution is 0.412. The first-order valence-corrected chi connectivity index (χ1v) is 23.0. The quantitative estimate of drug-likeness (QED) is 0.145. The number of H-pyrrole nitrogens is 2. The molecule has 0 aliphatic heterocycles. The van der Waals surface area contributed by atoms with Crippen LogP contribution in [0.15, 0.2) is 179 Å². The minimum absolute atomic E-state index is 0.676. The molecular formula is C46H65N21O3S2. The molecule has 0 saturated carbocycles. The molecule has 12 aromatic heterocycles. The maximum absolute atomic E-state index is 4.60. The summed E-state index contributed by atoms with van der Waals surface area (Å²) >= 11 is 3.01. The van der Waals surface area contributed by atoms with Crippen LogP contribution in [-0.2, 0) is 35.2 Å². The number of hydrogen-bond donors (Lipinski definition) is 2. The van der Waals surface area contributed by atoms with E-state index in [2.05, 4.69) is 93.1 Å². The Morgan fingerprint density at radius 1 is 0.528 bits per heavy atom. The van der Waals surface area contributed by atoms with Gasteiger partial charge in [0.25, 0.3) is 0 Å². The van der Waals surface area contributed by atoms with Gasteiger partial charge in [0, 0.05) is 108 Å². The Labute approximate surface area is 427 Å². The highest BCUT2D eigenvalue weighted by Crippen LogP contribution is 1.96. The van der Waals surface area contributed by atoms with Crippen LogP contribution in [0.3, 0.4) is 0 Å². The fourth-order valence-corrected chi connectivity index (χ4v) is 4.59. The Kier molecular flexibility index (Phi) is 35.1. The lowest BCUT2D eigenvalue weighted by Gasteiger charge is -1.79. The van der Waals surface area contributed by atoms with Gasteiger partial charge in [-0.15, -0.1) is 21.5 Å². The van der Waals surface area contributed by atoms with Gasteiger partial charge in [-0.05, 0) is 84.3 Å². The normalized spacial score (nSPS) is 8.83. The van der Waals surface area contributed by atoms with Gasteiger partial charge in [-0.3, -0.25) is 10.1 Å². The summed E-state index contributed by atoms with van der Waals surface area (Å²) in [5, 5.41) is 18.7. The number of rotatable bonds is 0. The molecular weight excluding hydrogens is 959 g/mol. The Hall–Kier alpha value is -8.78.